The van der Waals surface area contributed by atoms with E-state index in [4.69, 9.17) is 8.42 Å². The Labute approximate surface area is 137 Å². The van der Waals surface area contributed by atoms with Gasteiger partial charge in [-0.2, -0.15) is 8.42 Å². The number of nitrogens with zero attached hydrogens (tertiary/aromatic N) is 2. The second-order valence-electron chi connectivity index (χ2n) is 4.46. The normalized spacial score (nSPS) is 9.22. The highest BCUT2D eigenvalue weighted by Crippen LogP contribution is 2.08. The van der Waals surface area contributed by atoms with E-state index >= 15 is 0 Å². The second kappa shape index (κ2) is 9.17. The van der Waals surface area contributed by atoms with Crippen molar-refractivity contribution >= 4 is 33.4 Å². The molecule has 2 heterocycles. The van der Waals surface area contributed by atoms with Crippen LogP contribution >= 0.6 is 0 Å². The SMILES string of the molecule is O=S=O.c1ccc2ncccc2c1.c1ccc2ncccc2c1. The van der Waals surface area contributed by atoms with Crippen LogP contribution in [0.4, 0.5) is 0 Å². The smallest absolute Gasteiger partial charge is 0.256 e. The molecule has 0 amide bonds. The van der Waals surface area contributed by atoms with Crippen LogP contribution in [0, 0.1) is 0 Å². The van der Waals surface area contributed by atoms with Crippen molar-refractivity contribution in [3.05, 3.63) is 85.2 Å². The van der Waals surface area contributed by atoms with Crippen molar-refractivity contribution in [2.45, 2.75) is 0 Å². The van der Waals surface area contributed by atoms with Crippen molar-refractivity contribution in [1.29, 1.82) is 0 Å². The van der Waals surface area contributed by atoms with Crippen molar-refractivity contribution in [3.63, 3.8) is 0 Å². The lowest BCUT2D eigenvalue weighted by Gasteiger charge is -1.91. The quantitative estimate of drug-likeness (QED) is 0.494. The molecule has 5 heteroatoms. The Morgan fingerprint density at radius 3 is 1.30 bits per heavy atom. The van der Waals surface area contributed by atoms with Crippen LogP contribution in [0.2, 0.25) is 0 Å². The Morgan fingerprint density at radius 2 is 0.913 bits per heavy atom. The summed E-state index contributed by atoms with van der Waals surface area (Å²) < 4.78 is 16.6. The first kappa shape index (κ1) is 16.5. The third kappa shape index (κ3) is 5.09. The zero-order chi connectivity index (χ0) is 16.3. The molecule has 0 saturated carbocycles. The first-order valence-electron chi connectivity index (χ1n) is 6.86. The van der Waals surface area contributed by atoms with Gasteiger partial charge in [0.15, 0.2) is 0 Å². The number of fused-ring (bicyclic) bond motifs is 2. The molecule has 0 aliphatic carbocycles. The molecule has 0 spiro atoms. The maximum atomic E-state index is 8.29. The minimum absolute atomic E-state index is 0.750. The van der Waals surface area contributed by atoms with E-state index in [2.05, 4.69) is 34.2 Å². The molecule has 2 aromatic heterocycles. The van der Waals surface area contributed by atoms with E-state index in [1.165, 1.54) is 10.8 Å². The molecule has 2 aromatic carbocycles. The Hall–Kier alpha value is -2.92. The highest BCUT2D eigenvalue weighted by molar-refractivity contribution is 7.51. The molecule has 4 rings (SSSR count). The van der Waals surface area contributed by atoms with Crippen LogP contribution < -0.4 is 0 Å². The fraction of sp³-hybridized carbons (Fsp3) is 0. The van der Waals surface area contributed by atoms with Crippen LogP contribution in [0.3, 0.4) is 0 Å². The molecular formula is C18H14N2O2S. The lowest BCUT2D eigenvalue weighted by molar-refractivity contribution is 0.630. The predicted octanol–water partition coefficient (Wildman–Crippen LogP) is 3.80. The summed E-state index contributed by atoms with van der Waals surface area (Å²) in [7, 11) is 0. The van der Waals surface area contributed by atoms with Gasteiger partial charge >= 0.3 is 11.6 Å². The van der Waals surface area contributed by atoms with Gasteiger partial charge in [0.1, 0.15) is 0 Å². The lowest BCUT2D eigenvalue weighted by atomic mass is 10.2. The van der Waals surface area contributed by atoms with Crippen molar-refractivity contribution in [1.82, 2.24) is 9.97 Å². The zero-order valence-corrected chi connectivity index (χ0v) is 13.0. The number of hydrogen-bond donors (Lipinski definition) is 0. The molecule has 0 unspecified atom stereocenters. The van der Waals surface area contributed by atoms with Gasteiger partial charge in [0.25, 0.3) is 0 Å². The van der Waals surface area contributed by atoms with Crippen LogP contribution in [0.1, 0.15) is 0 Å². The van der Waals surface area contributed by atoms with Crippen molar-refractivity contribution in [2.75, 3.05) is 0 Å². The monoisotopic (exact) mass is 322 g/mol. The molecule has 0 saturated heterocycles. The van der Waals surface area contributed by atoms with Crippen molar-refractivity contribution < 1.29 is 8.42 Å². The molecule has 4 nitrogen and oxygen atoms in total. The third-order valence-electron chi connectivity index (χ3n) is 3.02. The fourth-order valence-electron chi connectivity index (χ4n) is 2.03. The summed E-state index contributed by atoms with van der Waals surface area (Å²) in [5.74, 6) is 0. The number of pyridine rings is 2. The van der Waals surface area contributed by atoms with E-state index in [1.807, 2.05) is 60.9 Å². The highest BCUT2D eigenvalue weighted by Gasteiger charge is 1.87. The average Bonchev–Trinajstić information content (AvgIpc) is 2.63. The molecular weight excluding hydrogens is 308 g/mol. The van der Waals surface area contributed by atoms with E-state index in [-0.39, 0.29) is 0 Å². The van der Waals surface area contributed by atoms with Gasteiger partial charge in [0, 0.05) is 23.2 Å². The van der Waals surface area contributed by atoms with E-state index in [1.54, 1.807) is 0 Å². The number of aromatic nitrogens is 2. The number of benzene rings is 2. The summed E-state index contributed by atoms with van der Waals surface area (Å²) in [5, 5.41) is 2.40. The van der Waals surface area contributed by atoms with Gasteiger partial charge in [0.05, 0.1) is 11.0 Å². The van der Waals surface area contributed by atoms with Gasteiger partial charge in [0.2, 0.25) is 0 Å². The third-order valence-corrected chi connectivity index (χ3v) is 3.02. The molecule has 114 valence electrons. The summed E-state index contributed by atoms with van der Waals surface area (Å²) >= 11 is -0.750. The standard InChI is InChI=1S/2C9H7N.O2S/c2*1-2-6-9-8(4-1)5-3-7-10-9;1-3-2/h2*1-7H;. The minimum Gasteiger partial charge on any atom is -0.256 e. The van der Waals surface area contributed by atoms with Crippen LogP contribution in [-0.2, 0) is 11.6 Å². The van der Waals surface area contributed by atoms with Crippen LogP contribution in [-0.4, -0.2) is 18.4 Å². The molecule has 0 aliphatic heterocycles. The Morgan fingerprint density at radius 1 is 0.565 bits per heavy atom. The minimum atomic E-state index is -0.750. The summed E-state index contributed by atoms with van der Waals surface area (Å²) in [4.78, 5) is 8.36. The number of rotatable bonds is 0. The van der Waals surface area contributed by atoms with Crippen LogP contribution in [0.25, 0.3) is 21.8 Å². The molecule has 0 N–H and O–H groups in total. The van der Waals surface area contributed by atoms with Gasteiger partial charge in [-0.05, 0) is 24.3 Å². The van der Waals surface area contributed by atoms with Crippen molar-refractivity contribution in [3.8, 4) is 0 Å². The summed E-state index contributed by atoms with van der Waals surface area (Å²) in [6.07, 6.45) is 3.62. The van der Waals surface area contributed by atoms with Gasteiger partial charge < -0.3 is 0 Å². The summed E-state index contributed by atoms with van der Waals surface area (Å²) in [5.41, 5.74) is 2.12. The average molecular weight is 322 g/mol. The van der Waals surface area contributed by atoms with E-state index in [0.717, 1.165) is 11.0 Å². The van der Waals surface area contributed by atoms with Gasteiger partial charge in [-0.25, -0.2) is 0 Å². The molecule has 4 aromatic rings. The Kier molecular flexibility index (Phi) is 6.56. The van der Waals surface area contributed by atoms with Gasteiger partial charge in [-0.1, -0.05) is 48.5 Å². The largest absolute Gasteiger partial charge is 0.335 e. The molecule has 0 radical (unpaired) electrons. The van der Waals surface area contributed by atoms with Crippen LogP contribution in [0.5, 0.6) is 0 Å². The second-order valence-corrected chi connectivity index (χ2v) is 4.60. The molecule has 0 bridgehead atoms. The lowest BCUT2D eigenvalue weighted by Crippen LogP contribution is -1.73. The maximum Gasteiger partial charge on any atom is 0.335 e. The van der Waals surface area contributed by atoms with E-state index in [9.17, 15) is 0 Å². The van der Waals surface area contributed by atoms with E-state index < -0.39 is 11.6 Å². The highest BCUT2D eigenvalue weighted by atomic mass is 32.1. The summed E-state index contributed by atoms with van der Waals surface area (Å²) in [6, 6.07) is 24.2. The summed E-state index contributed by atoms with van der Waals surface area (Å²) in [6.45, 7) is 0. The van der Waals surface area contributed by atoms with Gasteiger partial charge in [-0.3, -0.25) is 9.97 Å². The zero-order valence-electron chi connectivity index (χ0n) is 12.2. The number of para-hydroxylation sites is 2. The molecule has 0 atom stereocenters. The first-order chi connectivity index (χ1) is 11.3. The topological polar surface area (TPSA) is 59.9 Å². The fourth-order valence-corrected chi connectivity index (χ4v) is 2.03. The molecule has 0 fully saturated rings. The Balaban J connectivity index is 0.000000143. The van der Waals surface area contributed by atoms with E-state index in [0.29, 0.717) is 0 Å². The van der Waals surface area contributed by atoms with Crippen molar-refractivity contribution in [2.24, 2.45) is 0 Å². The first-order valence-corrected chi connectivity index (χ1v) is 7.53. The molecule has 0 aliphatic rings. The van der Waals surface area contributed by atoms with Gasteiger partial charge in [-0.15, -0.1) is 0 Å². The predicted molar refractivity (Wildman–Crippen MR) is 92.4 cm³/mol. The maximum absolute atomic E-state index is 8.29. The molecule has 23 heavy (non-hydrogen) atoms. The van der Waals surface area contributed by atoms with Crippen LogP contribution in [0.15, 0.2) is 85.2 Å². The Bertz CT molecular complexity index is 720. The number of hydrogen-bond acceptors (Lipinski definition) is 4.